The molecule has 1 rings (SSSR count). The molecule has 0 fully saturated rings. The van der Waals surface area contributed by atoms with E-state index in [0.717, 1.165) is 4.90 Å². The Labute approximate surface area is 97.0 Å². The Bertz CT molecular complexity index is 412. The lowest BCUT2D eigenvalue weighted by atomic mass is 10.4. The number of nitrogens with one attached hydrogen (secondary N) is 1. The first kappa shape index (κ1) is 12.8. The maximum absolute atomic E-state index is 11.4. The van der Waals surface area contributed by atoms with Crippen molar-refractivity contribution in [2.75, 3.05) is 20.1 Å². The van der Waals surface area contributed by atoms with Crippen LogP contribution in [0.2, 0.25) is 0 Å². The molecule has 2 amide bonds. The second-order valence-corrected chi connectivity index (χ2v) is 3.30. The molecule has 0 aliphatic rings. The van der Waals surface area contributed by atoms with Crippen molar-refractivity contribution in [1.82, 2.24) is 10.2 Å². The summed E-state index contributed by atoms with van der Waals surface area (Å²) < 4.78 is 4.82. The molecule has 0 aliphatic carbocycles. The van der Waals surface area contributed by atoms with E-state index in [2.05, 4.69) is 5.32 Å². The number of carboxylic acids is 1. The lowest BCUT2D eigenvalue weighted by Crippen LogP contribution is -2.40. The smallest absolute Gasteiger partial charge is 0.323 e. The molecular formula is C10H12N2O5. The summed E-state index contributed by atoms with van der Waals surface area (Å²) in [6.45, 7) is -0.682. The molecule has 0 atom stereocenters. The van der Waals surface area contributed by atoms with Gasteiger partial charge in [0.1, 0.15) is 6.54 Å². The minimum atomic E-state index is -1.11. The van der Waals surface area contributed by atoms with Crippen LogP contribution < -0.4 is 5.32 Å². The van der Waals surface area contributed by atoms with E-state index in [1.165, 1.54) is 19.4 Å². The zero-order chi connectivity index (χ0) is 12.8. The molecule has 1 aromatic rings. The van der Waals surface area contributed by atoms with Gasteiger partial charge in [0.15, 0.2) is 5.76 Å². The van der Waals surface area contributed by atoms with Gasteiger partial charge in [-0.15, -0.1) is 0 Å². The second-order valence-electron chi connectivity index (χ2n) is 3.30. The van der Waals surface area contributed by atoms with Crippen molar-refractivity contribution in [3.05, 3.63) is 24.2 Å². The van der Waals surface area contributed by atoms with E-state index >= 15 is 0 Å². The maximum atomic E-state index is 11.4. The molecule has 7 heteroatoms. The van der Waals surface area contributed by atoms with Crippen LogP contribution in [-0.2, 0) is 9.59 Å². The number of hydrogen-bond acceptors (Lipinski definition) is 4. The van der Waals surface area contributed by atoms with E-state index in [1.807, 2.05) is 0 Å². The lowest BCUT2D eigenvalue weighted by Gasteiger charge is -2.14. The average Bonchev–Trinajstić information content (AvgIpc) is 2.77. The summed E-state index contributed by atoms with van der Waals surface area (Å²) in [5.41, 5.74) is 0. The molecule has 1 heterocycles. The number of carboxylic acid groups (broad SMARTS) is 1. The van der Waals surface area contributed by atoms with Crippen LogP contribution in [0.3, 0.4) is 0 Å². The fourth-order valence-corrected chi connectivity index (χ4v) is 1.08. The average molecular weight is 240 g/mol. The number of amides is 2. The molecule has 2 N–H and O–H groups in total. The van der Waals surface area contributed by atoms with E-state index in [-0.39, 0.29) is 12.3 Å². The normalized spacial score (nSPS) is 9.71. The van der Waals surface area contributed by atoms with Crippen molar-refractivity contribution in [2.24, 2.45) is 0 Å². The van der Waals surface area contributed by atoms with Crippen LogP contribution in [-0.4, -0.2) is 47.9 Å². The lowest BCUT2D eigenvalue weighted by molar-refractivity contribution is -0.143. The largest absolute Gasteiger partial charge is 0.480 e. The first-order chi connectivity index (χ1) is 8.00. The summed E-state index contributed by atoms with van der Waals surface area (Å²) in [5.74, 6) is -2.03. The number of carbonyl (C=O) groups is 3. The predicted octanol–water partition coefficient (Wildman–Crippen LogP) is -0.448. The molecule has 0 aliphatic heterocycles. The minimum Gasteiger partial charge on any atom is -0.480 e. The molecule has 0 saturated heterocycles. The van der Waals surface area contributed by atoms with Crippen LogP contribution in [0.25, 0.3) is 0 Å². The van der Waals surface area contributed by atoms with Gasteiger partial charge in [-0.1, -0.05) is 0 Å². The Hall–Kier alpha value is -2.31. The van der Waals surface area contributed by atoms with Gasteiger partial charge in [-0.2, -0.15) is 0 Å². The summed E-state index contributed by atoms with van der Waals surface area (Å²) in [7, 11) is 1.34. The Kier molecular flexibility index (Phi) is 4.27. The van der Waals surface area contributed by atoms with Gasteiger partial charge >= 0.3 is 5.97 Å². The van der Waals surface area contributed by atoms with Crippen molar-refractivity contribution < 1.29 is 23.9 Å². The number of nitrogens with zero attached hydrogens (tertiary/aromatic N) is 1. The SMILES string of the molecule is CN(CC(=O)O)C(=O)CNC(=O)c1ccco1. The number of aliphatic carboxylic acids is 1. The van der Waals surface area contributed by atoms with Crippen LogP contribution in [0.4, 0.5) is 0 Å². The monoisotopic (exact) mass is 240 g/mol. The molecule has 0 radical (unpaired) electrons. The van der Waals surface area contributed by atoms with Gasteiger partial charge in [0.05, 0.1) is 12.8 Å². The third kappa shape index (κ3) is 3.98. The highest BCUT2D eigenvalue weighted by atomic mass is 16.4. The summed E-state index contributed by atoms with van der Waals surface area (Å²) in [4.78, 5) is 34.1. The molecule has 1 aromatic heterocycles. The molecule has 0 unspecified atom stereocenters. The fourth-order valence-electron chi connectivity index (χ4n) is 1.08. The number of rotatable bonds is 5. The molecule has 17 heavy (non-hydrogen) atoms. The van der Waals surface area contributed by atoms with Gasteiger partial charge < -0.3 is 19.7 Å². The van der Waals surface area contributed by atoms with E-state index in [9.17, 15) is 14.4 Å². The maximum Gasteiger partial charge on any atom is 0.323 e. The Morgan fingerprint density at radius 3 is 2.71 bits per heavy atom. The van der Waals surface area contributed by atoms with Gasteiger partial charge in [-0.3, -0.25) is 14.4 Å². The molecule has 0 aromatic carbocycles. The third-order valence-electron chi connectivity index (χ3n) is 1.94. The number of hydrogen-bond donors (Lipinski definition) is 2. The Morgan fingerprint density at radius 1 is 1.47 bits per heavy atom. The summed E-state index contributed by atoms with van der Waals surface area (Å²) in [6, 6.07) is 3.01. The van der Waals surface area contributed by atoms with Crippen molar-refractivity contribution >= 4 is 17.8 Å². The molecular weight excluding hydrogens is 228 g/mol. The van der Waals surface area contributed by atoms with Crippen LogP contribution in [0, 0.1) is 0 Å². The first-order valence-corrected chi connectivity index (χ1v) is 4.78. The van der Waals surface area contributed by atoms with Crippen molar-refractivity contribution in [3.8, 4) is 0 Å². The predicted molar refractivity (Wildman–Crippen MR) is 56.3 cm³/mol. The summed E-state index contributed by atoms with van der Waals surface area (Å²) in [6.07, 6.45) is 1.34. The van der Waals surface area contributed by atoms with Crippen LogP contribution >= 0.6 is 0 Å². The zero-order valence-electron chi connectivity index (χ0n) is 9.17. The van der Waals surface area contributed by atoms with Crippen molar-refractivity contribution in [3.63, 3.8) is 0 Å². The highest BCUT2D eigenvalue weighted by Gasteiger charge is 2.14. The molecule has 0 bridgehead atoms. The standard InChI is InChI=1S/C10H12N2O5/c1-12(6-9(14)15)8(13)5-11-10(16)7-3-2-4-17-7/h2-4H,5-6H2,1H3,(H,11,16)(H,14,15). The van der Waals surface area contributed by atoms with E-state index in [1.54, 1.807) is 6.07 Å². The van der Waals surface area contributed by atoms with Gasteiger partial charge in [0, 0.05) is 7.05 Å². The number of carbonyl (C=O) groups excluding carboxylic acids is 2. The highest BCUT2D eigenvalue weighted by Crippen LogP contribution is 1.98. The Morgan fingerprint density at radius 2 is 2.18 bits per heavy atom. The minimum absolute atomic E-state index is 0.0960. The second kappa shape index (κ2) is 5.69. The number of likely N-dealkylation sites (N-methyl/N-ethyl adjacent to an activating group) is 1. The first-order valence-electron chi connectivity index (χ1n) is 4.78. The van der Waals surface area contributed by atoms with E-state index in [0.29, 0.717) is 0 Å². The molecule has 7 nitrogen and oxygen atoms in total. The summed E-state index contributed by atoms with van der Waals surface area (Å²) >= 11 is 0. The molecule has 0 spiro atoms. The van der Waals surface area contributed by atoms with Crippen LogP contribution in [0.5, 0.6) is 0 Å². The highest BCUT2D eigenvalue weighted by molar-refractivity contribution is 5.94. The summed E-state index contributed by atoms with van der Waals surface area (Å²) in [5, 5.41) is 10.8. The van der Waals surface area contributed by atoms with Gasteiger partial charge in [0.25, 0.3) is 5.91 Å². The van der Waals surface area contributed by atoms with Crippen LogP contribution in [0.15, 0.2) is 22.8 Å². The topological polar surface area (TPSA) is 99.9 Å². The molecule has 92 valence electrons. The number of furan rings is 1. The Balaban J connectivity index is 2.38. The zero-order valence-corrected chi connectivity index (χ0v) is 9.17. The van der Waals surface area contributed by atoms with Crippen molar-refractivity contribution in [1.29, 1.82) is 0 Å². The van der Waals surface area contributed by atoms with E-state index < -0.39 is 24.3 Å². The third-order valence-corrected chi connectivity index (χ3v) is 1.94. The van der Waals surface area contributed by atoms with Gasteiger partial charge in [0.2, 0.25) is 5.91 Å². The fraction of sp³-hybridized carbons (Fsp3) is 0.300. The quantitative estimate of drug-likeness (QED) is 0.726. The van der Waals surface area contributed by atoms with Gasteiger partial charge in [-0.05, 0) is 12.1 Å². The van der Waals surface area contributed by atoms with Crippen LogP contribution in [0.1, 0.15) is 10.6 Å². The van der Waals surface area contributed by atoms with Crippen molar-refractivity contribution in [2.45, 2.75) is 0 Å². The van der Waals surface area contributed by atoms with E-state index in [4.69, 9.17) is 9.52 Å². The van der Waals surface area contributed by atoms with Gasteiger partial charge in [-0.25, -0.2) is 0 Å². The molecule has 0 saturated carbocycles.